The van der Waals surface area contributed by atoms with Crippen molar-refractivity contribution in [2.24, 2.45) is 0 Å². The first-order valence-corrected chi connectivity index (χ1v) is 10.00. The number of nitrogens with zero attached hydrogens (tertiary/aromatic N) is 2. The molecule has 0 N–H and O–H groups in total. The number of carbonyl (C=O) groups is 1. The molecule has 0 saturated carbocycles. The van der Waals surface area contributed by atoms with Gasteiger partial charge in [-0.05, 0) is 24.6 Å². The van der Waals surface area contributed by atoms with E-state index in [0.717, 1.165) is 27.6 Å². The van der Waals surface area contributed by atoms with Crippen molar-refractivity contribution in [2.75, 3.05) is 13.7 Å². The number of carbonyl (C=O) groups excluding carboxylic acids is 1. The monoisotopic (exact) mass is 392 g/mol. The lowest BCUT2D eigenvalue weighted by Gasteiger charge is -2.21. The molecule has 5 heteroatoms. The van der Waals surface area contributed by atoms with Crippen LogP contribution in [0.3, 0.4) is 0 Å². The second-order valence-corrected chi connectivity index (χ2v) is 7.46. The van der Waals surface area contributed by atoms with Gasteiger partial charge in [-0.15, -0.1) is 17.9 Å². The molecule has 3 aromatic rings. The van der Waals surface area contributed by atoms with E-state index in [4.69, 9.17) is 4.74 Å². The quantitative estimate of drug-likeness (QED) is 0.513. The molecule has 1 amide bonds. The second-order valence-electron chi connectivity index (χ2n) is 6.60. The number of rotatable bonds is 8. The van der Waals surface area contributed by atoms with Crippen LogP contribution in [0.4, 0.5) is 0 Å². The van der Waals surface area contributed by atoms with E-state index in [1.54, 1.807) is 29.4 Å². The van der Waals surface area contributed by atoms with E-state index in [2.05, 4.69) is 42.8 Å². The van der Waals surface area contributed by atoms with Crippen LogP contribution in [-0.4, -0.2) is 29.4 Å². The standard InChI is InChI=1S/C23H24N2O2S/c1-4-13-25(15-18-7-11-21(27-3)12-8-18)22(26)14-20-16-28-23(24-20)19-9-5-17(2)6-10-19/h4-12,16H,1,13-15H2,2-3H3. The predicted octanol–water partition coefficient (Wildman–Crippen LogP) is 4.88. The highest BCUT2D eigenvalue weighted by molar-refractivity contribution is 7.13. The molecule has 0 bridgehead atoms. The van der Waals surface area contributed by atoms with Crippen LogP contribution in [0.15, 0.2) is 66.6 Å². The maximum atomic E-state index is 12.8. The number of amides is 1. The van der Waals surface area contributed by atoms with E-state index in [9.17, 15) is 4.79 Å². The number of thiazole rings is 1. The second kappa shape index (κ2) is 9.33. The summed E-state index contributed by atoms with van der Waals surface area (Å²) in [6, 6.07) is 16.0. The topological polar surface area (TPSA) is 42.4 Å². The van der Waals surface area contributed by atoms with Gasteiger partial charge in [0.25, 0.3) is 0 Å². The van der Waals surface area contributed by atoms with E-state index in [-0.39, 0.29) is 12.3 Å². The van der Waals surface area contributed by atoms with Crippen molar-refractivity contribution in [2.45, 2.75) is 19.9 Å². The smallest absolute Gasteiger partial charge is 0.229 e. The van der Waals surface area contributed by atoms with Gasteiger partial charge in [-0.1, -0.05) is 48.0 Å². The van der Waals surface area contributed by atoms with Crippen molar-refractivity contribution in [3.05, 3.63) is 83.4 Å². The maximum Gasteiger partial charge on any atom is 0.229 e. The molecule has 2 aromatic carbocycles. The Kier molecular flexibility index (Phi) is 6.61. The molecule has 0 unspecified atom stereocenters. The molecule has 0 aliphatic heterocycles. The number of hydrogen-bond acceptors (Lipinski definition) is 4. The van der Waals surface area contributed by atoms with Gasteiger partial charge in [-0.25, -0.2) is 4.98 Å². The molecular formula is C23H24N2O2S. The molecule has 0 fully saturated rings. The lowest BCUT2D eigenvalue weighted by molar-refractivity contribution is -0.130. The Morgan fingerprint density at radius 3 is 2.54 bits per heavy atom. The summed E-state index contributed by atoms with van der Waals surface area (Å²) in [5, 5.41) is 2.90. The molecule has 0 spiro atoms. The fourth-order valence-corrected chi connectivity index (χ4v) is 3.67. The van der Waals surface area contributed by atoms with E-state index in [1.165, 1.54) is 5.56 Å². The van der Waals surface area contributed by atoms with Crippen LogP contribution >= 0.6 is 11.3 Å². The van der Waals surface area contributed by atoms with Crippen LogP contribution in [0.5, 0.6) is 5.75 Å². The number of aromatic nitrogens is 1. The number of benzene rings is 2. The highest BCUT2D eigenvalue weighted by Gasteiger charge is 2.16. The molecule has 0 radical (unpaired) electrons. The third-order valence-electron chi connectivity index (χ3n) is 4.42. The SMILES string of the molecule is C=CCN(Cc1ccc(OC)cc1)C(=O)Cc1csc(-c2ccc(C)cc2)n1. The normalized spacial score (nSPS) is 10.5. The number of aryl methyl sites for hydroxylation is 1. The van der Waals surface area contributed by atoms with Crippen LogP contribution in [0.25, 0.3) is 10.6 Å². The number of methoxy groups -OCH3 is 1. The molecule has 0 aliphatic rings. The summed E-state index contributed by atoms with van der Waals surface area (Å²) in [7, 11) is 1.64. The van der Waals surface area contributed by atoms with Crippen molar-refractivity contribution >= 4 is 17.2 Å². The molecule has 0 aliphatic carbocycles. The molecule has 4 nitrogen and oxygen atoms in total. The van der Waals surface area contributed by atoms with Gasteiger partial charge < -0.3 is 9.64 Å². The van der Waals surface area contributed by atoms with Gasteiger partial charge in [-0.3, -0.25) is 4.79 Å². The summed E-state index contributed by atoms with van der Waals surface area (Å²) in [6.45, 7) is 6.88. The summed E-state index contributed by atoms with van der Waals surface area (Å²) in [6.07, 6.45) is 2.03. The first kappa shape index (κ1) is 19.8. The van der Waals surface area contributed by atoms with Crippen molar-refractivity contribution in [3.8, 4) is 16.3 Å². The Morgan fingerprint density at radius 2 is 1.89 bits per heavy atom. The Hall–Kier alpha value is -2.92. The fourth-order valence-electron chi connectivity index (χ4n) is 2.85. The summed E-state index contributed by atoms with van der Waals surface area (Å²) < 4.78 is 5.19. The van der Waals surface area contributed by atoms with Gasteiger partial charge in [0.1, 0.15) is 10.8 Å². The highest BCUT2D eigenvalue weighted by atomic mass is 32.1. The first-order chi connectivity index (χ1) is 13.6. The van der Waals surface area contributed by atoms with Crippen molar-refractivity contribution in [1.82, 2.24) is 9.88 Å². The molecule has 0 atom stereocenters. The van der Waals surface area contributed by atoms with Gasteiger partial charge in [0.05, 0.1) is 19.2 Å². The van der Waals surface area contributed by atoms with Crippen molar-refractivity contribution in [1.29, 1.82) is 0 Å². The molecule has 28 heavy (non-hydrogen) atoms. The maximum absolute atomic E-state index is 12.8. The third kappa shape index (κ3) is 5.08. The van der Waals surface area contributed by atoms with E-state index in [1.807, 2.05) is 29.6 Å². The largest absolute Gasteiger partial charge is 0.497 e. The fraction of sp³-hybridized carbons (Fsp3) is 0.217. The van der Waals surface area contributed by atoms with Gasteiger partial charge in [0.15, 0.2) is 0 Å². The Bertz CT molecular complexity index is 930. The minimum absolute atomic E-state index is 0.0384. The number of hydrogen-bond donors (Lipinski definition) is 0. The minimum Gasteiger partial charge on any atom is -0.497 e. The van der Waals surface area contributed by atoms with E-state index < -0.39 is 0 Å². The Balaban J connectivity index is 1.68. The zero-order valence-corrected chi connectivity index (χ0v) is 17.0. The van der Waals surface area contributed by atoms with Gasteiger partial charge >= 0.3 is 0 Å². The van der Waals surface area contributed by atoms with Gasteiger partial charge in [-0.2, -0.15) is 0 Å². The average molecular weight is 393 g/mol. The lowest BCUT2D eigenvalue weighted by atomic mass is 10.1. The van der Waals surface area contributed by atoms with E-state index in [0.29, 0.717) is 13.1 Å². The Labute approximate surface area is 170 Å². The third-order valence-corrected chi connectivity index (χ3v) is 5.36. The van der Waals surface area contributed by atoms with Gasteiger partial charge in [0, 0.05) is 24.0 Å². The van der Waals surface area contributed by atoms with Crippen molar-refractivity contribution < 1.29 is 9.53 Å². The first-order valence-electron chi connectivity index (χ1n) is 9.12. The number of ether oxygens (including phenoxy) is 1. The lowest BCUT2D eigenvalue weighted by Crippen LogP contribution is -2.32. The van der Waals surface area contributed by atoms with Crippen molar-refractivity contribution in [3.63, 3.8) is 0 Å². The van der Waals surface area contributed by atoms with Crippen LogP contribution in [0.1, 0.15) is 16.8 Å². The summed E-state index contributed by atoms with van der Waals surface area (Å²) >= 11 is 1.57. The minimum atomic E-state index is 0.0384. The zero-order valence-electron chi connectivity index (χ0n) is 16.2. The summed E-state index contributed by atoms with van der Waals surface area (Å²) in [5.74, 6) is 0.841. The zero-order chi connectivity index (χ0) is 19.9. The van der Waals surface area contributed by atoms with Crippen LogP contribution in [0.2, 0.25) is 0 Å². The van der Waals surface area contributed by atoms with Gasteiger partial charge in [0.2, 0.25) is 5.91 Å². The molecule has 144 valence electrons. The molecular weight excluding hydrogens is 368 g/mol. The molecule has 1 aromatic heterocycles. The average Bonchev–Trinajstić information content (AvgIpc) is 3.17. The molecule has 0 saturated heterocycles. The van der Waals surface area contributed by atoms with Crippen LogP contribution < -0.4 is 4.74 Å². The highest BCUT2D eigenvalue weighted by Crippen LogP contribution is 2.24. The van der Waals surface area contributed by atoms with E-state index >= 15 is 0 Å². The summed E-state index contributed by atoms with van der Waals surface area (Å²) in [5.41, 5.74) is 4.15. The summed E-state index contributed by atoms with van der Waals surface area (Å²) in [4.78, 5) is 19.3. The van der Waals surface area contributed by atoms with Crippen LogP contribution in [-0.2, 0) is 17.8 Å². The molecule has 1 heterocycles. The van der Waals surface area contributed by atoms with Crippen LogP contribution in [0, 0.1) is 6.92 Å². The predicted molar refractivity (Wildman–Crippen MR) is 115 cm³/mol. The molecule has 3 rings (SSSR count). The Morgan fingerprint density at radius 1 is 1.18 bits per heavy atom.